The van der Waals surface area contributed by atoms with Crippen molar-refractivity contribution in [3.05, 3.63) is 28.2 Å². The number of aryl methyl sites for hydroxylation is 2. The summed E-state index contributed by atoms with van der Waals surface area (Å²) in [4.78, 5) is 18.5. The van der Waals surface area contributed by atoms with Crippen LogP contribution in [0.15, 0.2) is 11.7 Å². The molecule has 8 nitrogen and oxygen atoms in total. The topological polar surface area (TPSA) is 85.2 Å². The highest BCUT2D eigenvalue weighted by Gasteiger charge is 2.28. The minimum Gasteiger partial charge on any atom is -0.369 e. The average molecular weight is 350 g/mol. The summed E-state index contributed by atoms with van der Waals surface area (Å²) in [5.74, 6) is 0.731. The van der Waals surface area contributed by atoms with Gasteiger partial charge in [-0.25, -0.2) is 9.78 Å². The molecule has 2 aromatic heterocycles. The summed E-state index contributed by atoms with van der Waals surface area (Å²) < 4.78 is 7.68. The van der Waals surface area contributed by atoms with Crippen LogP contribution in [0.2, 0.25) is 0 Å². The Balaban J connectivity index is 1.46. The fourth-order valence-corrected chi connectivity index (χ4v) is 3.42. The molecule has 0 saturated carbocycles. The lowest BCUT2D eigenvalue weighted by atomic mass is 10.3. The first-order valence-corrected chi connectivity index (χ1v) is 8.83. The van der Waals surface area contributed by atoms with E-state index in [9.17, 15) is 4.79 Å². The van der Waals surface area contributed by atoms with Gasteiger partial charge in [-0.3, -0.25) is 0 Å². The normalized spacial score (nSPS) is 18.8. The van der Waals surface area contributed by atoms with Gasteiger partial charge < -0.3 is 19.5 Å². The van der Waals surface area contributed by atoms with E-state index in [-0.39, 0.29) is 18.2 Å². The van der Waals surface area contributed by atoms with Crippen LogP contribution in [0.25, 0.3) is 0 Å². The number of amides is 2. The lowest BCUT2D eigenvalue weighted by molar-refractivity contribution is 0.0484. The van der Waals surface area contributed by atoms with Crippen LogP contribution in [0, 0.1) is 6.92 Å². The number of aromatic nitrogens is 4. The van der Waals surface area contributed by atoms with Crippen molar-refractivity contribution in [2.45, 2.75) is 39.0 Å². The molecule has 3 heterocycles. The van der Waals surface area contributed by atoms with Crippen molar-refractivity contribution in [2.75, 3.05) is 13.1 Å². The van der Waals surface area contributed by atoms with Crippen molar-refractivity contribution in [3.63, 3.8) is 0 Å². The van der Waals surface area contributed by atoms with E-state index < -0.39 is 0 Å². The molecule has 2 amide bonds. The summed E-state index contributed by atoms with van der Waals surface area (Å²) in [7, 11) is 1.86. The van der Waals surface area contributed by atoms with E-state index >= 15 is 0 Å². The van der Waals surface area contributed by atoms with Crippen molar-refractivity contribution in [3.8, 4) is 0 Å². The molecule has 0 aliphatic carbocycles. The van der Waals surface area contributed by atoms with Gasteiger partial charge in [-0.15, -0.1) is 21.5 Å². The van der Waals surface area contributed by atoms with Gasteiger partial charge in [0, 0.05) is 31.2 Å². The molecule has 1 aliphatic heterocycles. The molecule has 1 aliphatic rings. The second-order valence-electron chi connectivity index (χ2n) is 6.02. The molecule has 1 N–H and O–H groups in total. The van der Waals surface area contributed by atoms with Crippen LogP contribution in [0.3, 0.4) is 0 Å². The molecule has 9 heteroatoms. The van der Waals surface area contributed by atoms with Crippen molar-refractivity contribution in [2.24, 2.45) is 7.05 Å². The van der Waals surface area contributed by atoms with Crippen LogP contribution in [0.5, 0.6) is 0 Å². The van der Waals surface area contributed by atoms with Gasteiger partial charge in [0.15, 0.2) is 5.82 Å². The quantitative estimate of drug-likeness (QED) is 0.886. The van der Waals surface area contributed by atoms with Crippen LogP contribution < -0.4 is 5.32 Å². The van der Waals surface area contributed by atoms with Gasteiger partial charge in [0.05, 0.1) is 18.8 Å². The second-order valence-corrected chi connectivity index (χ2v) is 6.96. The van der Waals surface area contributed by atoms with Gasteiger partial charge in [0.25, 0.3) is 0 Å². The van der Waals surface area contributed by atoms with Crippen LogP contribution >= 0.6 is 11.3 Å². The maximum atomic E-state index is 12.4. The number of nitrogens with one attached hydrogen (secondary N) is 1. The third-order valence-electron chi connectivity index (χ3n) is 4.01. The summed E-state index contributed by atoms with van der Waals surface area (Å²) >= 11 is 1.60. The largest absolute Gasteiger partial charge is 0.369 e. The lowest BCUT2D eigenvalue weighted by Crippen LogP contribution is -2.40. The Morgan fingerprint density at radius 3 is 3.08 bits per heavy atom. The van der Waals surface area contributed by atoms with Gasteiger partial charge in [-0.05, 0) is 20.3 Å². The first kappa shape index (κ1) is 16.8. The predicted octanol–water partition coefficient (Wildman–Crippen LogP) is 1.64. The highest BCUT2D eigenvalue weighted by atomic mass is 32.1. The van der Waals surface area contributed by atoms with Gasteiger partial charge in [0.2, 0.25) is 0 Å². The molecular weight excluding hydrogens is 328 g/mol. The average Bonchev–Trinajstić information content (AvgIpc) is 3.26. The lowest BCUT2D eigenvalue weighted by Gasteiger charge is -2.20. The fraction of sp³-hybridized carbons (Fsp3) is 0.600. The maximum absolute atomic E-state index is 12.4. The van der Waals surface area contributed by atoms with E-state index in [1.54, 1.807) is 27.1 Å². The molecule has 1 fully saturated rings. The first-order chi connectivity index (χ1) is 11.5. The Labute approximate surface area is 144 Å². The smallest absolute Gasteiger partial charge is 0.318 e. The number of ether oxygens (including phenoxy) is 1. The van der Waals surface area contributed by atoms with E-state index in [1.165, 1.54) is 0 Å². The zero-order valence-corrected chi connectivity index (χ0v) is 14.9. The van der Waals surface area contributed by atoms with E-state index in [0.29, 0.717) is 19.7 Å². The number of thiazole rings is 1. The minimum absolute atomic E-state index is 0.0603. The van der Waals surface area contributed by atoms with Gasteiger partial charge in [0.1, 0.15) is 11.3 Å². The molecule has 24 heavy (non-hydrogen) atoms. The molecule has 3 rings (SSSR count). The van der Waals surface area contributed by atoms with E-state index in [4.69, 9.17) is 4.74 Å². The number of hydrogen-bond acceptors (Lipinski definition) is 6. The number of carbonyl (C=O) groups excluding carboxylic acids is 1. The maximum Gasteiger partial charge on any atom is 0.318 e. The second kappa shape index (κ2) is 7.27. The molecular formula is C15H22N6O2S. The number of rotatable bonds is 5. The summed E-state index contributed by atoms with van der Waals surface area (Å²) in [5.41, 5.74) is 1.02. The predicted molar refractivity (Wildman–Crippen MR) is 89.6 cm³/mol. The molecule has 2 unspecified atom stereocenters. The zero-order valence-electron chi connectivity index (χ0n) is 14.1. The monoisotopic (exact) mass is 350 g/mol. The third-order valence-corrected chi connectivity index (χ3v) is 4.96. The highest BCUT2D eigenvalue weighted by molar-refractivity contribution is 7.09. The van der Waals surface area contributed by atoms with E-state index in [1.807, 2.05) is 26.3 Å². The molecule has 1 saturated heterocycles. The van der Waals surface area contributed by atoms with Crippen molar-refractivity contribution >= 4 is 17.4 Å². The van der Waals surface area contributed by atoms with Crippen molar-refractivity contribution in [1.29, 1.82) is 0 Å². The van der Waals surface area contributed by atoms with Crippen molar-refractivity contribution in [1.82, 2.24) is 30.0 Å². The molecule has 2 aromatic rings. The van der Waals surface area contributed by atoms with Crippen LogP contribution in [0.1, 0.15) is 35.9 Å². The number of carbonyl (C=O) groups is 1. The Morgan fingerprint density at radius 2 is 2.42 bits per heavy atom. The zero-order chi connectivity index (χ0) is 17.1. The van der Waals surface area contributed by atoms with E-state index in [2.05, 4.69) is 20.5 Å². The van der Waals surface area contributed by atoms with Crippen molar-refractivity contribution < 1.29 is 9.53 Å². The highest BCUT2D eigenvalue weighted by Crippen LogP contribution is 2.17. The van der Waals surface area contributed by atoms with Gasteiger partial charge in [-0.1, -0.05) is 0 Å². The Bertz CT molecular complexity index is 700. The molecule has 130 valence electrons. The SMILES string of the molecule is Cc1csc(COC2CCN(C(=O)NC(C)c3nncn3C)C2)n1. The standard InChI is InChI=1S/C15H22N6O2S/c1-10-8-24-13(17-10)7-23-12-4-5-21(6-12)15(22)18-11(2)14-19-16-9-20(14)3/h8-9,11-12H,4-7H2,1-3H3,(H,18,22). The summed E-state index contributed by atoms with van der Waals surface area (Å²) in [6, 6.07) is -0.287. The Hall–Kier alpha value is -2.00. The first-order valence-electron chi connectivity index (χ1n) is 7.95. The summed E-state index contributed by atoms with van der Waals surface area (Å²) in [5, 5.41) is 13.8. The van der Waals surface area contributed by atoms with Crippen LogP contribution in [-0.2, 0) is 18.4 Å². The van der Waals surface area contributed by atoms with Crippen LogP contribution in [0.4, 0.5) is 4.79 Å². The number of urea groups is 1. The van der Waals surface area contributed by atoms with E-state index in [0.717, 1.165) is 22.9 Å². The molecule has 0 bridgehead atoms. The molecule has 0 spiro atoms. The van der Waals surface area contributed by atoms with Crippen LogP contribution in [-0.4, -0.2) is 49.9 Å². The van der Waals surface area contributed by atoms with Gasteiger partial charge in [-0.2, -0.15) is 0 Å². The minimum atomic E-state index is -0.191. The fourth-order valence-electron chi connectivity index (χ4n) is 2.73. The Morgan fingerprint density at radius 1 is 1.58 bits per heavy atom. The summed E-state index contributed by atoms with van der Waals surface area (Å²) in [6.07, 6.45) is 2.53. The number of nitrogens with zero attached hydrogens (tertiary/aromatic N) is 5. The Kier molecular flexibility index (Phi) is 5.10. The molecule has 2 atom stereocenters. The summed E-state index contributed by atoms with van der Waals surface area (Å²) in [6.45, 7) is 5.67. The number of likely N-dealkylation sites (tertiary alicyclic amines) is 1. The van der Waals surface area contributed by atoms with Gasteiger partial charge >= 0.3 is 6.03 Å². The number of hydrogen-bond donors (Lipinski definition) is 1. The third kappa shape index (κ3) is 3.90. The molecule has 0 aromatic carbocycles. The molecule has 0 radical (unpaired) electrons.